The molecule has 3 rings (SSSR count). The molecule has 2 atom stereocenters. The molecular formula is C16H28N4O3S. The SMILES string of the molecule is CC(C)n1cc(CN2CC[C@@H]3CN(S(C)(=O)=O)C[C@]3(CO)C2)cn1. The first-order valence-corrected chi connectivity index (χ1v) is 10.4. The summed E-state index contributed by atoms with van der Waals surface area (Å²) in [6, 6.07) is 0.339. The van der Waals surface area contributed by atoms with E-state index in [4.69, 9.17) is 0 Å². The van der Waals surface area contributed by atoms with Crippen molar-refractivity contribution in [3.63, 3.8) is 0 Å². The van der Waals surface area contributed by atoms with Gasteiger partial charge in [0.25, 0.3) is 0 Å². The van der Waals surface area contributed by atoms with Crippen LogP contribution in [0.2, 0.25) is 0 Å². The topological polar surface area (TPSA) is 78.7 Å². The fraction of sp³-hybridized carbons (Fsp3) is 0.812. The maximum absolute atomic E-state index is 11.9. The van der Waals surface area contributed by atoms with E-state index in [2.05, 4.69) is 30.0 Å². The van der Waals surface area contributed by atoms with Crippen molar-refractivity contribution < 1.29 is 13.5 Å². The first-order valence-electron chi connectivity index (χ1n) is 8.55. The monoisotopic (exact) mass is 356 g/mol. The highest BCUT2D eigenvalue weighted by Gasteiger charge is 2.51. The number of hydrogen-bond donors (Lipinski definition) is 1. The summed E-state index contributed by atoms with van der Waals surface area (Å²) in [4.78, 5) is 2.32. The van der Waals surface area contributed by atoms with E-state index in [-0.39, 0.29) is 17.9 Å². The third kappa shape index (κ3) is 3.37. The van der Waals surface area contributed by atoms with Gasteiger partial charge in [-0.25, -0.2) is 12.7 Å². The second-order valence-electron chi connectivity index (χ2n) is 7.69. The summed E-state index contributed by atoms with van der Waals surface area (Å²) in [5.74, 6) is 0.242. The van der Waals surface area contributed by atoms with Crippen LogP contribution in [0.5, 0.6) is 0 Å². The summed E-state index contributed by atoms with van der Waals surface area (Å²) in [5, 5.41) is 14.4. The summed E-state index contributed by atoms with van der Waals surface area (Å²) in [6.45, 7) is 7.64. The van der Waals surface area contributed by atoms with Crippen molar-refractivity contribution in [2.24, 2.45) is 11.3 Å². The summed E-state index contributed by atoms with van der Waals surface area (Å²) >= 11 is 0. The Morgan fingerprint density at radius 2 is 2.17 bits per heavy atom. The lowest BCUT2D eigenvalue weighted by Crippen LogP contribution is -2.50. The van der Waals surface area contributed by atoms with Gasteiger partial charge in [-0.3, -0.25) is 9.58 Å². The van der Waals surface area contributed by atoms with Gasteiger partial charge in [-0.05, 0) is 32.7 Å². The van der Waals surface area contributed by atoms with Gasteiger partial charge in [-0.2, -0.15) is 5.10 Å². The molecule has 1 aromatic rings. The first kappa shape index (κ1) is 17.8. The van der Waals surface area contributed by atoms with Gasteiger partial charge in [0.15, 0.2) is 0 Å². The highest BCUT2D eigenvalue weighted by molar-refractivity contribution is 7.88. The molecule has 0 radical (unpaired) electrons. The third-order valence-electron chi connectivity index (χ3n) is 5.49. The van der Waals surface area contributed by atoms with E-state index in [9.17, 15) is 13.5 Å². The van der Waals surface area contributed by atoms with Crippen molar-refractivity contribution in [3.8, 4) is 0 Å². The van der Waals surface area contributed by atoms with Crippen LogP contribution < -0.4 is 0 Å². The Morgan fingerprint density at radius 1 is 1.42 bits per heavy atom. The summed E-state index contributed by atoms with van der Waals surface area (Å²) < 4.78 is 27.3. The number of aliphatic hydroxyl groups excluding tert-OH is 1. The van der Waals surface area contributed by atoms with Gasteiger partial charge in [0.05, 0.1) is 19.1 Å². The second kappa shape index (κ2) is 6.40. The van der Waals surface area contributed by atoms with Gasteiger partial charge >= 0.3 is 0 Å². The maximum atomic E-state index is 11.9. The molecule has 3 heterocycles. The van der Waals surface area contributed by atoms with Crippen molar-refractivity contribution in [3.05, 3.63) is 18.0 Å². The van der Waals surface area contributed by atoms with Gasteiger partial charge in [0.1, 0.15) is 0 Å². The van der Waals surface area contributed by atoms with Crippen LogP contribution in [-0.4, -0.2) is 71.6 Å². The molecule has 0 bridgehead atoms. The zero-order valence-corrected chi connectivity index (χ0v) is 15.5. The molecule has 0 aliphatic carbocycles. The Morgan fingerprint density at radius 3 is 2.75 bits per heavy atom. The quantitative estimate of drug-likeness (QED) is 0.833. The number of aromatic nitrogens is 2. The molecule has 2 saturated heterocycles. The second-order valence-corrected chi connectivity index (χ2v) is 9.68. The van der Waals surface area contributed by atoms with E-state index in [0.717, 1.165) is 31.6 Å². The number of aliphatic hydroxyl groups is 1. The van der Waals surface area contributed by atoms with E-state index in [0.29, 0.717) is 19.1 Å². The highest BCUT2D eigenvalue weighted by atomic mass is 32.2. The number of sulfonamides is 1. The zero-order chi connectivity index (χ0) is 17.5. The number of piperidine rings is 1. The summed E-state index contributed by atoms with van der Waals surface area (Å²) in [7, 11) is -3.20. The van der Waals surface area contributed by atoms with Gasteiger partial charge in [-0.1, -0.05) is 0 Å². The molecule has 8 heteroatoms. The smallest absolute Gasteiger partial charge is 0.211 e. The van der Waals surface area contributed by atoms with Gasteiger partial charge in [-0.15, -0.1) is 0 Å². The van der Waals surface area contributed by atoms with E-state index in [1.807, 2.05) is 10.9 Å². The lowest BCUT2D eigenvalue weighted by Gasteiger charge is -2.43. The molecule has 136 valence electrons. The van der Waals surface area contributed by atoms with Crippen LogP contribution in [-0.2, 0) is 16.6 Å². The Balaban J connectivity index is 1.71. The predicted molar refractivity (Wildman–Crippen MR) is 91.9 cm³/mol. The van der Waals surface area contributed by atoms with E-state index in [1.54, 1.807) is 0 Å². The minimum Gasteiger partial charge on any atom is -0.396 e. The standard InChI is InChI=1S/C16H28N4O3S/c1-13(2)20-8-14(6-17-20)7-18-5-4-15-9-19(24(3,22)23)11-16(15,10-18)12-21/h6,8,13,15,21H,4-5,7,9-12H2,1-3H3/t15-,16+/m1/s1. The largest absolute Gasteiger partial charge is 0.396 e. The van der Waals surface area contributed by atoms with Crippen molar-refractivity contribution in [1.82, 2.24) is 19.0 Å². The molecule has 0 amide bonds. The lowest BCUT2D eigenvalue weighted by molar-refractivity contribution is 0.00882. The number of rotatable bonds is 5. The number of nitrogens with zero attached hydrogens (tertiary/aromatic N) is 4. The predicted octanol–water partition coefficient (Wildman–Crippen LogP) is 0.540. The summed E-state index contributed by atoms with van der Waals surface area (Å²) in [5.41, 5.74) is 0.822. The molecule has 0 spiro atoms. The molecule has 7 nitrogen and oxygen atoms in total. The molecule has 0 saturated carbocycles. The van der Waals surface area contributed by atoms with Crippen molar-refractivity contribution in [1.29, 1.82) is 0 Å². The van der Waals surface area contributed by atoms with Crippen LogP contribution in [0.1, 0.15) is 31.9 Å². The maximum Gasteiger partial charge on any atom is 0.211 e. The van der Waals surface area contributed by atoms with Crippen LogP contribution in [0.15, 0.2) is 12.4 Å². The van der Waals surface area contributed by atoms with Crippen LogP contribution in [0, 0.1) is 11.3 Å². The number of fused-ring (bicyclic) bond motifs is 1. The minimum atomic E-state index is -3.20. The van der Waals surface area contributed by atoms with Crippen molar-refractivity contribution >= 4 is 10.0 Å². The molecule has 24 heavy (non-hydrogen) atoms. The number of hydrogen-bond acceptors (Lipinski definition) is 5. The van der Waals surface area contributed by atoms with Gasteiger partial charge in [0, 0.05) is 49.4 Å². The number of likely N-dealkylation sites (tertiary alicyclic amines) is 1. The van der Waals surface area contributed by atoms with E-state index >= 15 is 0 Å². The Bertz CT molecular complexity index is 687. The Labute approximate surface area is 144 Å². The molecule has 0 aromatic carbocycles. The highest BCUT2D eigenvalue weighted by Crippen LogP contribution is 2.42. The Kier molecular flexibility index (Phi) is 4.76. The van der Waals surface area contributed by atoms with Crippen LogP contribution in [0.25, 0.3) is 0 Å². The van der Waals surface area contributed by atoms with Crippen LogP contribution >= 0.6 is 0 Å². The first-order chi connectivity index (χ1) is 11.2. The summed E-state index contributed by atoms with van der Waals surface area (Å²) in [6.07, 6.45) is 6.15. The normalized spacial score (nSPS) is 29.3. The van der Waals surface area contributed by atoms with E-state index < -0.39 is 10.0 Å². The third-order valence-corrected chi connectivity index (χ3v) is 6.70. The minimum absolute atomic E-state index is 0.0332. The van der Waals surface area contributed by atoms with Gasteiger partial charge < -0.3 is 5.11 Å². The van der Waals surface area contributed by atoms with Crippen molar-refractivity contribution in [2.75, 3.05) is 39.0 Å². The van der Waals surface area contributed by atoms with Crippen molar-refractivity contribution in [2.45, 2.75) is 32.9 Å². The lowest BCUT2D eigenvalue weighted by atomic mass is 9.74. The van der Waals surface area contributed by atoms with Crippen LogP contribution in [0.3, 0.4) is 0 Å². The van der Waals surface area contributed by atoms with Gasteiger partial charge in [0.2, 0.25) is 10.0 Å². The molecule has 2 aliphatic rings. The van der Waals surface area contributed by atoms with Crippen LogP contribution in [0.4, 0.5) is 0 Å². The molecule has 1 N–H and O–H groups in total. The average Bonchev–Trinajstić information content (AvgIpc) is 3.11. The fourth-order valence-electron chi connectivity index (χ4n) is 4.04. The van der Waals surface area contributed by atoms with E-state index in [1.165, 1.54) is 10.6 Å². The average molecular weight is 356 g/mol. The zero-order valence-electron chi connectivity index (χ0n) is 14.7. The molecule has 2 aliphatic heterocycles. The molecule has 2 fully saturated rings. The Hall–Kier alpha value is -0.960. The molecular weight excluding hydrogens is 328 g/mol. The molecule has 1 aromatic heterocycles. The molecule has 0 unspecified atom stereocenters. The fourth-order valence-corrected chi connectivity index (χ4v) is 4.98.